The molecule has 0 spiro atoms. The minimum atomic E-state index is -4.52. The van der Waals surface area contributed by atoms with E-state index >= 15 is 0 Å². The van der Waals surface area contributed by atoms with E-state index in [1.165, 1.54) is 6.20 Å². The number of ether oxygens (including phenoxy) is 1. The fourth-order valence-electron chi connectivity index (χ4n) is 3.91. The SMILES string of the molecule is COc1ccccc1CN1CCC(Nc2cnn(-c3ccc(C(F)(F)F)cn3)c(=O)c2Cl)CC1. The van der Waals surface area contributed by atoms with Gasteiger partial charge in [-0.25, -0.2) is 4.98 Å². The number of methoxy groups -OCH3 is 1. The van der Waals surface area contributed by atoms with Crippen molar-refractivity contribution < 1.29 is 17.9 Å². The Morgan fingerprint density at radius 3 is 2.53 bits per heavy atom. The minimum absolute atomic E-state index is 0.0453. The first-order chi connectivity index (χ1) is 16.3. The van der Waals surface area contributed by atoms with Gasteiger partial charge in [0.2, 0.25) is 0 Å². The monoisotopic (exact) mass is 493 g/mol. The zero-order valence-electron chi connectivity index (χ0n) is 18.3. The number of para-hydroxylation sites is 1. The van der Waals surface area contributed by atoms with Gasteiger partial charge in [-0.3, -0.25) is 9.69 Å². The third-order valence-corrected chi connectivity index (χ3v) is 6.11. The van der Waals surface area contributed by atoms with Crippen LogP contribution >= 0.6 is 11.6 Å². The average molecular weight is 494 g/mol. The maximum absolute atomic E-state index is 12.7. The molecule has 3 aromatic rings. The van der Waals surface area contributed by atoms with Crippen molar-refractivity contribution in [1.29, 1.82) is 0 Å². The molecular weight excluding hydrogens is 471 g/mol. The van der Waals surface area contributed by atoms with E-state index in [2.05, 4.69) is 26.4 Å². The molecule has 0 unspecified atom stereocenters. The number of nitrogens with one attached hydrogen (secondary N) is 1. The molecule has 1 aliphatic rings. The number of rotatable bonds is 6. The Labute approximate surface area is 199 Å². The fraction of sp³-hybridized carbons (Fsp3) is 0.348. The Bertz CT molecular complexity index is 1190. The third-order valence-electron chi connectivity index (χ3n) is 5.74. The summed E-state index contributed by atoms with van der Waals surface area (Å²) in [5.74, 6) is 0.819. The zero-order valence-corrected chi connectivity index (χ0v) is 19.1. The molecule has 1 saturated heterocycles. The molecule has 0 bridgehead atoms. The van der Waals surface area contributed by atoms with Crippen molar-refractivity contribution in [2.24, 2.45) is 0 Å². The van der Waals surface area contributed by atoms with E-state index in [4.69, 9.17) is 16.3 Å². The van der Waals surface area contributed by atoms with Crippen LogP contribution in [0.15, 0.2) is 53.6 Å². The molecule has 3 heterocycles. The number of anilines is 1. The number of pyridine rings is 1. The van der Waals surface area contributed by atoms with Crippen LogP contribution in [-0.4, -0.2) is 45.9 Å². The summed E-state index contributed by atoms with van der Waals surface area (Å²) in [4.78, 5) is 18.7. The van der Waals surface area contributed by atoms with Crippen molar-refractivity contribution in [2.45, 2.75) is 31.6 Å². The Morgan fingerprint density at radius 2 is 1.88 bits per heavy atom. The molecule has 0 amide bonds. The second-order valence-corrected chi connectivity index (χ2v) is 8.38. The van der Waals surface area contributed by atoms with Crippen LogP contribution in [0, 0.1) is 0 Å². The third kappa shape index (κ3) is 5.34. The Balaban J connectivity index is 1.39. The van der Waals surface area contributed by atoms with Crippen LogP contribution in [0.1, 0.15) is 24.0 Å². The first-order valence-electron chi connectivity index (χ1n) is 10.7. The highest BCUT2D eigenvalue weighted by Crippen LogP contribution is 2.29. The maximum Gasteiger partial charge on any atom is 0.417 e. The largest absolute Gasteiger partial charge is 0.496 e. The van der Waals surface area contributed by atoms with Crippen LogP contribution in [0.25, 0.3) is 5.82 Å². The number of likely N-dealkylation sites (tertiary alicyclic amines) is 1. The number of aromatic nitrogens is 3. The maximum atomic E-state index is 12.7. The standard InChI is InChI=1S/C23H23ClF3N5O2/c1-34-19-5-3-2-4-15(19)14-31-10-8-17(9-11-31)30-18-13-29-32(22(33)21(18)24)20-7-6-16(12-28-20)23(25,26)27/h2-7,12-13,17,30H,8-11,14H2,1H3. The van der Waals surface area contributed by atoms with Gasteiger partial charge < -0.3 is 10.1 Å². The van der Waals surface area contributed by atoms with Crippen LogP contribution in [-0.2, 0) is 12.7 Å². The molecule has 11 heteroatoms. The van der Waals surface area contributed by atoms with Crippen LogP contribution in [0.4, 0.5) is 18.9 Å². The first-order valence-corrected chi connectivity index (χ1v) is 11.1. The number of hydrogen-bond acceptors (Lipinski definition) is 6. The van der Waals surface area contributed by atoms with Crippen molar-refractivity contribution in [2.75, 3.05) is 25.5 Å². The molecule has 7 nitrogen and oxygen atoms in total. The fourth-order valence-corrected chi connectivity index (χ4v) is 4.09. The lowest BCUT2D eigenvalue weighted by Gasteiger charge is -2.33. The topological polar surface area (TPSA) is 72.3 Å². The predicted octanol–water partition coefficient (Wildman–Crippen LogP) is 4.38. The van der Waals surface area contributed by atoms with Gasteiger partial charge in [0.25, 0.3) is 5.56 Å². The number of benzene rings is 1. The summed E-state index contributed by atoms with van der Waals surface area (Å²) >= 11 is 6.27. The van der Waals surface area contributed by atoms with Crippen molar-refractivity contribution >= 4 is 17.3 Å². The van der Waals surface area contributed by atoms with Crippen molar-refractivity contribution in [3.05, 3.63) is 75.3 Å². The number of nitrogens with zero attached hydrogens (tertiary/aromatic N) is 4. The summed E-state index contributed by atoms with van der Waals surface area (Å²) < 4.78 is 44.5. The van der Waals surface area contributed by atoms with Crippen molar-refractivity contribution in [3.63, 3.8) is 0 Å². The molecule has 1 aromatic carbocycles. The molecule has 0 aliphatic carbocycles. The molecule has 1 N–H and O–H groups in total. The highest BCUT2D eigenvalue weighted by molar-refractivity contribution is 6.32. The molecule has 34 heavy (non-hydrogen) atoms. The summed E-state index contributed by atoms with van der Waals surface area (Å²) in [7, 11) is 1.66. The quantitative estimate of drug-likeness (QED) is 0.549. The number of alkyl halides is 3. The summed E-state index contributed by atoms with van der Waals surface area (Å²) in [5, 5.41) is 7.23. The van der Waals surface area contributed by atoms with Crippen molar-refractivity contribution in [1.82, 2.24) is 19.7 Å². The van der Waals surface area contributed by atoms with E-state index in [0.29, 0.717) is 11.9 Å². The molecule has 180 valence electrons. The van der Waals surface area contributed by atoms with E-state index in [9.17, 15) is 18.0 Å². The van der Waals surface area contributed by atoms with Gasteiger partial charge in [0, 0.05) is 37.4 Å². The van der Waals surface area contributed by atoms with Crippen LogP contribution in [0.3, 0.4) is 0 Å². The average Bonchev–Trinajstić information content (AvgIpc) is 2.83. The van der Waals surface area contributed by atoms with Gasteiger partial charge in [0.15, 0.2) is 5.82 Å². The lowest BCUT2D eigenvalue weighted by Crippen LogP contribution is -2.39. The van der Waals surface area contributed by atoms with E-state index < -0.39 is 17.3 Å². The van der Waals surface area contributed by atoms with Gasteiger partial charge in [-0.05, 0) is 31.0 Å². The molecule has 0 atom stereocenters. The first kappa shape index (κ1) is 24.0. The Morgan fingerprint density at radius 1 is 1.15 bits per heavy atom. The minimum Gasteiger partial charge on any atom is -0.496 e. The van der Waals surface area contributed by atoms with Crippen LogP contribution < -0.4 is 15.6 Å². The summed E-state index contributed by atoms with van der Waals surface area (Å²) in [6, 6.07) is 9.96. The summed E-state index contributed by atoms with van der Waals surface area (Å²) in [6.45, 7) is 2.50. The second-order valence-electron chi connectivity index (χ2n) is 8.00. The summed E-state index contributed by atoms with van der Waals surface area (Å²) in [5.41, 5.74) is -0.0552. The smallest absolute Gasteiger partial charge is 0.417 e. The van der Waals surface area contributed by atoms with Gasteiger partial charge >= 0.3 is 6.18 Å². The molecule has 4 rings (SSSR count). The van der Waals surface area contributed by atoms with Gasteiger partial charge in [-0.15, -0.1) is 0 Å². The molecule has 2 aromatic heterocycles. The van der Waals surface area contributed by atoms with Gasteiger partial charge in [0.05, 0.1) is 24.6 Å². The molecule has 0 radical (unpaired) electrons. The molecular formula is C23H23ClF3N5O2. The molecule has 1 aliphatic heterocycles. The van der Waals surface area contributed by atoms with E-state index in [-0.39, 0.29) is 16.9 Å². The molecule has 1 fully saturated rings. The van der Waals surface area contributed by atoms with Crippen LogP contribution in [0.2, 0.25) is 5.02 Å². The Kier molecular flexibility index (Phi) is 7.08. The van der Waals surface area contributed by atoms with E-state index in [1.807, 2.05) is 18.2 Å². The van der Waals surface area contributed by atoms with Gasteiger partial charge in [-0.1, -0.05) is 29.8 Å². The lowest BCUT2D eigenvalue weighted by molar-refractivity contribution is -0.137. The predicted molar refractivity (Wildman–Crippen MR) is 123 cm³/mol. The van der Waals surface area contributed by atoms with E-state index in [1.54, 1.807) is 7.11 Å². The molecule has 0 saturated carbocycles. The number of piperidine rings is 1. The second kappa shape index (κ2) is 10.0. The zero-order chi connectivity index (χ0) is 24.3. The summed E-state index contributed by atoms with van der Waals surface area (Å²) in [6.07, 6.45) is -0.783. The number of halogens is 4. The Hall–Kier alpha value is -3.11. The normalized spacial score (nSPS) is 15.3. The highest BCUT2D eigenvalue weighted by atomic mass is 35.5. The van der Waals surface area contributed by atoms with E-state index in [0.717, 1.165) is 60.6 Å². The van der Waals surface area contributed by atoms with Crippen LogP contribution in [0.5, 0.6) is 5.75 Å². The highest BCUT2D eigenvalue weighted by Gasteiger charge is 2.31. The van der Waals surface area contributed by atoms with Crippen molar-refractivity contribution in [3.8, 4) is 11.6 Å². The lowest BCUT2D eigenvalue weighted by atomic mass is 10.0. The number of hydrogen-bond donors (Lipinski definition) is 1. The van der Waals surface area contributed by atoms with Gasteiger partial charge in [0.1, 0.15) is 10.8 Å². The van der Waals surface area contributed by atoms with Gasteiger partial charge in [-0.2, -0.15) is 23.0 Å².